The molecule has 0 radical (unpaired) electrons. The van der Waals surface area contributed by atoms with Crippen molar-refractivity contribution in [2.24, 2.45) is 0 Å². The van der Waals surface area contributed by atoms with Gasteiger partial charge in [-0.1, -0.05) is 40.9 Å². The first kappa shape index (κ1) is 30.4. The van der Waals surface area contributed by atoms with Gasteiger partial charge in [0.15, 0.2) is 7.29 Å². The number of carbonyl (C=O) groups is 1. The second kappa shape index (κ2) is 10.9. The van der Waals surface area contributed by atoms with E-state index in [0.717, 1.165) is 16.9 Å². The fourth-order valence-corrected chi connectivity index (χ4v) is 3.77. The summed E-state index contributed by atoms with van der Waals surface area (Å²) in [6.07, 6.45) is -10.2. The molecular weight excluding hydrogens is 583 g/mol. The molecule has 0 heterocycles. The average molecular weight is 600 g/mol. The van der Waals surface area contributed by atoms with Gasteiger partial charge in [0.1, 0.15) is 11.7 Å². The molecule has 2 aromatic rings. The van der Waals surface area contributed by atoms with E-state index >= 15 is 0 Å². The van der Waals surface area contributed by atoms with Crippen LogP contribution in [-0.2, 0) is 10.7 Å². The molecule has 0 aliphatic rings. The molecule has 0 saturated heterocycles. The number of amides is 1. The Balaban J connectivity index is 2.58. The van der Waals surface area contributed by atoms with Crippen LogP contribution in [0.4, 0.5) is 30.7 Å². The monoisotopic (exact) mass is 598 g/mol. The number of hydrogen-bond donors (Lipinski definition) is 1. The summed E-state index contributed by atoms with van der Waals surface area (Å²) < 4.78 is 110. The summed E-state index contributed by atoms with van der Waals surface area (Å²) in [4.78, 5) is 12.4. The number of allylic oxidation sites excluding steroid dienone is 1. The van der Waals surface area contributed by atoms with Crippen LogP contribution in [0.25, 0.3) is 5.83 Å². The van der Waals surface area contributed by atoms with Gasteiger partial charge in [-0.15, -0.1) is 0 Å². The van der Waals surface area contributed by atoms with Gasteiger partial charge in [0.05, 0.1) is 26.2 Å². The van der Waals surface area contributed by atoms with Crippen molar-refractivity contribution in [2.45, 2.75) is 18.3 Å². The van der Waals surface area contributed by atoms with Crippen LogP contribution in [0.2, 0.25) is 15.1 Å². The first-order valence-electron chi connectivity index (χ1n) is 9.63. The lowest BCUT2D eigenvalue weighted by atomic mass is 9.95. The van der Waals surface area contributed by atoms with Crippen LogP contribution in [-0.4, -0.2) is 37.2 Å². The minimum Gasteiger partial charge on any atom is -0.306 e. The van der Waals surface area contributed by atoms with E-state index in [0.29, 0.717) is 12.1 Å². The highest BCUT2D eigenvalue weighted by molar-refractivity contribution is 7.59. The van der Waals surface area contributed by atoms with Gasteiger partial charge in [-0.25, -0.2) is 4.39 Å². The van der Waals surface area contributed by atoms with E-state index in [9.17, 15) is 40.1 Å². The van der Waals surface area contributed by atoms with Crippen molar-refractivity contribution in [1.82, 2.24) is 10.2 Å². The SMILES string of the molecule is CN(NC(=O)c1ccc(/C(F)=C/C(c2cc(Cl)c(Cl)c(Cl)c2)C(F)(F)F)cc1C(F)(F)F)P(C)(C)=O. The second-order valence-corrected chi connectivity index (χ2v) is 12.2. The summed E-state index contributed by atoms with van der Waals surface area (Å²) in [7, 11) is -1.89. The molecule has 198 valence electrons. The molecule has 0 aliphatic heterocycles. The maximum absolute atomic E-state index is 14.9. The first-order chi connectivity index (χ1) is 16.2. The van der Waals surface area contributed by atoms with Crippen molar-refractivity contribution in [1.29, 1.82) is 0 Å². The van der Waals surface area contributed by atoms with Gasteiger partial charge in [-0.2, -0.15) is 31.1 Å². The molecule has 0 spiro atoms. The fraction of sp³-hybridized carbons (Fsp3) is 0.286. The third-order valence-electron chi connectivity index (χ3n) is 4.86. The van der Waals surface area contributed by atoms with Gasteiger partial charge in [0, 0.05) is 25.9 Å². The number of halogens is 10. The summed E-state index contributed by atoms with van der Waals surface area (Å²) in [6.45, 7) is 2.50. The highest BCUT2D eigenvalue weighted by Gasteiger charge is 2.41. The Morgan fingerprint density at radius 2 is 1.56 bits per heavy atom. The molecule has 36 heavy (non-hydrogen) atoms. The Morgan fingerprint density at radius 3 is 2.00 bits per heavy atom. The number of alkyl halides is 6. The summed E-state index contributed by atoms with van der Waals surface area (Å²) in [6, 6.07) is 3.13. The standard InChI is InChI=1S/C21H17Cl3F7N2O2P/c1-33(36(2,3)35)32-19(34)12-5-4-10(6-14(12)21(29,30)31)17(25)9-13(20(26,27)28)11-7-15(22)18(24)16(23)8-11/h4-9,13H,1-3H3,(H,32,34)/b17-9-. The second-order valence-electron chi connectivity index (χ2n) is 7.85. The molecule has 1 unspecified atom stereocenters. The maximum Gasteiger partial charge on any atom is 0.417 e. The molecular formula is C21H17Cl3F7N2O2P. The smallest absolute Gasteiger partial charge is 0.306 e. The van der Waals surface area contributed by atoms with Crippen LogP contribution in [0, 0.1) is 0 Å². The van der Waals surface area contributed by atoms with Crippen molar-refractivity contribution in [3.05, 3.63) is 73.7 Å². The summed E-state index contributed by atoms with van der Waals surface area (Å²) in [5.74, 6) is -5.59. The number of hydrogen-bond acceptors (Lipinski definition) is 2. The number of carbonyl (C=O) groups excluding carboxylic acids is 1. The van der Waals surface area contributed by atoms with Crippen LogP contribution >= 0.6 is 42.1 Å². The Morgan fingerprint density at radius 1 is 1.03 bits per heavy atom. The summed E-state index contributed by atoms with van der Waals surface area (Å²) in [5, 5.41) is -0.916. The summed E-state index contributed by atoms with van der Waals surface area (Å²) in [5.41, 5.74) is -2.02. The quantitative estimate of drug-likeness (QED) is 0.157. The van der Waals surface area contributed by atoms with Crippen molar-refractivity contribution in [3.63, 3.8) is 0 Å². The molecule has 0 bridgehead atoms. The molecule has 1 N–H and O–H groups in total. The Bertz CT molecular complexity index is 1220. The van der Waals surface area contributed by atoms with E-state index in [1.165, 1.54) is 20.4 Å². The van der Waals surface area contributed by atoms with E-state index in [4.69, 9.17) is 34.8 Å². The van der Waals surface area contributed by atoms with Crippen LogP contribution in [0.3, 0.4) is 0 Å². The van der Waals surface area contributed by atoms with Crippen LogP contribution in [0.15, 0.2) is 36.4 Å². The zero-order chi connectivity index (χ0) is 27.8. The summed E-state index contributed by atoms with van der Waals surface area (Å²) >= 11 is 17.3. The molecule has 2 rings (SSSR count). The van der Waals surface area contributed by atoms with E-state index in [1.54, 1.807) is 0 Å². The molecule has 2 aromatic carbocycles. The van der Waals surface area contributed by atoms with E-state index in [2.05, 4.69) is 0 Å². The van der Waals surface area contributed by atoms with E-state index < -0.39 is 59.6 Å². The zero-order valence-corrected chi connectivity index (χ0v) is 21.7. The fourth-order valence-electron chi connectivity index (χ4n) is 2.83. The van der Waals surface area contributed by atoms with Gasteiger partial charge >= 0.3 is 12.4 Å². The number of rotatable bonds is 6. The normalized spacial score (nSPS) is 14.2. The number of benzene rings is 2. The molecule has 1 atom stereocenters. The lowest BCUT2D eigenvalue weighted by Gasteiger charge is -2.23. The van der Waals surface area contributed by atoms with E-state index in [1.807, 2.05) is 5.43 Å². The molecule has 4 nitrogen and oxygen atoms in total. The van der Waals surface area contributed by atoms with Crippen molar-refractivity contribution in [3.8, 4) is 0 Å². The zero-order valence-electron chi connectivity index (χ0n) is 18.5. The highest BCUT2D eigenvalue weighted by atomic mass is 35.5. The minimum atomic E-state index is -5.18. The molecule has 0 aliphatic carbocycles. The molecule has 1 amide bonds. The van der Waals surface area contributed by atoms with Crippen molar-refractivity contribution in [2.75, 3.05) is 20.4 Å². The predicted molar refractivity (Wildman–Crippen MR) is 125 cm³/mol. The number of hydrazine groups is 1. The molecule has 0 fully saturated rings. The van der Waals surface area contributed by atoms with Crippen LogP contribution in [0.1, 0.15) is 33.0 Å². The molecule has 0 aromatic heterocycles. The first-order valence-corrected chi connectivity index (χ1v) is 13.3. The highest BCUT2D eigenvalue weighted by Crippen LogP contribution is 2.43. The minimum absolute atomic E-state index is 0.0589. The topological polar surface area (TPSA) is 49.4 Å². The largest absolute Gasteiger partial charge is 0.417 e. The predicted octanol–water partition coefficient (Wildman–Crippen LogP) is 8.44. The van der Waals surface area contributed by atoms with Crippen LogP contribution < -0.4 is 5.43 Å². The molecule has 0 saturated carbocycles. The Hall–Kier alpha value is -1.78. The Kier molecular flexibility index (Phi) is 9.23. The maximum atomic E-state index is 14.9. The third-order valence-corrected chi connectivity index (χ3v) is 7.60. The number of nitrogens with one attached hydrogen (secondary N) is 1. The third kappa shape index (κ3) is 7.38. The van der Waals surface area contributed by atoms with Gasteiger partial charge in [-0.05, 0) is 35.9 Å². The Labute approximate surface area is 216 Å². The lowest BCUT2D eigenvalue weighted by Crippen LogP contribution is -2.37. The average Bonchev–Trinajstić information content (AvgIpc) is 2.72. The van der Waals surface area contributed by atoms with Gasteiger partial charge in [0.2, 0.25) is 0 Å². The number of nitrogens with zero attached hydrogens (tertiary/aromatic N) is 1. The molecule has 15 heteroatoms. The van der Waals surface area contributed by atoms with Crippen molar-refractivity contribution < 1.29 is 40.1 Å². The van der Waals surface area contributed by atoms with E-state index in [-0.39, 0.29) is 27.2 Å². The van der Waals surface area contributed by atoms with Gasteiger partial charge in [0.25, 0.3) is 5.91 Å². The van der Waals surface area contributed by atoms with Crippen LogP contribution in [0.5, 0.6) is 0 Å². The van der Waals surface area contributed by atoms with Crippen molar-refractivity contribution >= 4 is 53.8 Å². The lowest BCUT2D eigenvalue weighted by molar-refractivity contribution is -0.140. The van der Waals surface area contributed by atoms with Gasteiger partial charge < -0.3 is 4.57 Å². The van der Waals surface area contributed by atoms with Gasteiger partial charge in [-0.3, -0.25) is 10.2 Å².